The summed E-state index contributed by atoms with van der Waals surface area (Å²) in [5, 5.41) is 5.30. The molecule has 2 heterocycles. The predicted octanol–water partition coefficient (Wildman–Crippen LogP) is 3.58. The van der Waals surface area contributed by atoms with Gasteiger partial charge in [0.2, 0.25) is 11.7 Å². The third-order valence-corrected chi connectivity index (χ3v) is 4.34. The summed E-state index contributed by atoms with van der Waals surface area (Å²) in [6.07, 6.45) is 5.40. The van der Waals surface area contributed by atoms with Crippen LogP contribution in [0.15, 0.2) is 35.0 Å². The van der Waals surface area contributed by atoms with Crippen molar-refractivity contribution < 1.29 is 9.26 Å². The van der Waals surface area contributed by atoms with E-state index in [2.05, 4.69) is 27.3 Å². The van der Waals surface area contributed by atoms with Crippen molar-refractivity contribution in [1.82, 2.24) is 15.1 Å². The number of H-pyrrole nitrogens is 1. The third kappa shape index (κ3) is 2.52. The summed E-state index contributed by atoms with van der Waals surface area (Å²) in [4.78, 5) is 7.74. The Labute approximate surface area is 128 Å². The van der Waals surface area contributed by atoms with E-state index in [1.807, 2.05) is 25.3 Å². The Kier molecular flexibility index (Phi) is 3.42. The van der Waals surface area contributed by atoms with Crippen LogP contribution in [0.1, 0.15) is 25.7 Å². The Bertz CT molecular complexity index is 771. The van der Waals surface area contributed by atoms with Crippen molar-refractivity contribution in [2.75, 3.05) is 6.61 Å². The molecule has 3 aromatic rings. The van der Waals surface area contributed by atoms with Crippen LogP contribution in [0, 0.1) is 5.92 Å². The third-order valence-electron chi connectivity index (χ3n) is 4.34. The first-order valence-corrected chi connectivity index (χ1v) is 7.83. The van der Waals surface area contributed by atoms with E-state index in [1.54, 1.807) is 0 Å². The normalized spacial score (nSPS) is 21.1. The Morgan fingerprint density at radius 3 is 3.09 bits per heavy atom. The lowest BCUT2D eigenvalue weighted by Gasteiger charge is -2.33. The molecule has 1 aliphatic carbocycles. The number of hydrogen-bond donors (Lipinski definition) is 1. The van der Waals surface area contributed by atoms with Crippen molar-refractivity contribution in [2.45, 2.75) is 32.3 Å². The van der Waals surface area contributed by atoms with Gasteiger partial charge < -0.3 is 14.2 Å². The van der Waals surface area contributed by atoms with E-state index in [4.69, 9.17) is 9.26 Å². The highest BCUT2D eigenvalue weighted by Crippen LogP contribution is 2.33. The summed E-state index contributed by atoms with van der Waals surface area (Å²) >= 11 is 0. The summed E-state index contributed by atoms with van der Waals surface area (Å²) in [7, 11) is 0. The van der Waals surface area contributed by atoms with Gasteiger partial charge in [0.1, 0.15) is 0 Å². The van der Waals surface area contributed by atoms with Crippen LogP contribution in [0.25, 0.3) is 22.3 Å². The minimum absolute atomic E-state index is 0.424. The molecule has 1 aliphatic rings. The van der Waals surface area contributed by atoms with Gasteiger partial charge in [-0.05, 0) is 43.2 Å². The van der Waals surface area contributed by atoms with Gasteiger partial charge in [-0.15, -0.1) is 0 Å². The van der Waals surface area contributed by atoms with Gasteiger partial charge in [0.15, 0.2) is 0 Å². The maximum atomic E-state index is 5.58. The number of ether oxygens (including phenoxy) is 1. The Balaban J connectivity index is 1.45. The summed E-state index contributed by atoms with van der Waals surface area (Å²) in [5.74, 6) is 1.99. The van der Waals surface area contributed by atoms with Crippen LogP contribution in [-0.4, -0.2) is 27.8 Å². The Morgan fingerprint density at radius 1 is 1.32 bits per heavy atom. The zero-order valence-corrected chi connectivity index (χ0v) is 12.6. The average Bonchev–Trinajstić information content (AvgIpc) is 3.13. The molecule has 1 aromatic carbocycles. The minimum Gasteiger partial charge on any atom is -0.378 e. The second-order valence-electron chi connectivity index (χ2n) is 5.91. The number of rotatable bonds is 5. The van der Waals surface area contributed by atoms with Crippen LogP contribution in [0.5, 0.6) is 0 Å². The molecule has 0 unspecified atom stereocenters. The zero-order chi connectivity index (χ0) is 14.9. The van der Waals surface area contributed by atoms with Crippen molar-refractivity contribution >= 4 is 10.9 Å². The van der Waals surface area contributed by atoms with E-state index in [9.17, 15) is 0 Å². The molecule has 5 heteroatoms. The quantitative estimate of drug-likeness (QED) is 0.782. The highest BCUT2D eigenvalue weighted by atomic mass is 16.5. The number of aromatic amines is 1. The highest BCUT2D eigenvalue weighted by molar-refractivity contribution is 5.83. The SMILES string of the molecule is CCOC1CC(Cc2nc(-c3ccc4cc[nH]c4c3)no2)C1. The van der Waals surface area contributed by atoms with E-state index >= 15 is 0 Å². The Morgan fingerprint density at radius 2 is 2.23 bits per heavy atom. The molecule has 0 saturated heterocycles. The molecule has 0 atom stereocenters. The van der Waals surface area contributed by atoms with Gasteiger partial charge in [-0.25, -0.2) is 0 Å². The van der Waals surface area contributed by atoms with Crippen molar-refractivity contribution in [3.05, 3.63) is 36.4 Å². The molecule has 1 fully saturated rings. The first-order chi connectivity index (χ1) is 10.8. The lowest BCUT2D eigenvalue weighted by Crippen LogP contribution is -2.32. The smallest absolute Gasteiger partial charge is 0.227 e. The number of benzene rings is 1. The van der Waals surface area contributed by atoms with Gasteiger partial charge >= 0.3 is 0 Å². The maximum absolute atomic E-state index is 5.58. The van der Waals surface area contributed by atoms with Crippen LogP contribution < -0.4 is 0 Å². The van der Waals surface area contributed by atoms with E-state index in [0.717, 1.165) is 42.8 Å². The molecule has 0 spiro atoms. The summed E-state index contributed by atoms with van der Waals surface area (Å²) in [6, 6.07) is 8.19. The molecule has 0 bridgehead atoms. The van der Waals surface area contributed by atoms with Crippen molar-refractivity contribution in [3.63, 3.8) is 0 Å². The van der Waals surface area contributed by atoms with Crippen molar-refractivity contribution in [3.8, 4) is 11.4 Å². The molecular formula is C17H19N3O2. The number of nitrogens with one attached hydrogen (secondary N) is 1. The highest BCUT2D eigenvalue weighted by Gasteiger charge is 2.31. The largest absolute Gasteiger partial charge is 0.378 e. The van der Waals surface area contributed by atoms with Crippen LogP contribution in [0.3, 0.4) is 0 Å². The zero-order valence-electron chi connectivity index (χ0n) is 12.6. The van der Waals surface area contributed by atoms with E-state index in [1.165, 1.54) is 5.39 Å². The van der Waals surface area contributed by atoms with Gasteiger partial charge in [0, 0.05) is 30.3 Å². The lowest BCUT2D eigenvalue weighted by molar-refractivity contribution is -0.0258. The second-order valence-corrected chi connectivity index (χ2v) is 5.91. The molecule has 22 heavy (non-hydrogen) atoms. The van der Waals surface area contributed by atoms with E-state index in [0.29, 0.717) is 17.8 Å². The number of aromatic nitrogens is 3. The molecule has 1 N–H and O–H groups in total. The maximum Gasteiger partial charge on any atom is 0.227 e. The van der Waals surface area contributed by atoms with Gasteiger partial charge in [0.25, 0.3) is 0 Å². The molecule has 1 saturated carbocycles. The second kappa shape index (κ2) is 5.57. The molecule has 0 amide bonds. The fraction of sp³-hybridized carbons (Fsp3) is 0.412. The van der Waals surface area contributed by atoms with Crippen LogP contribution >= 0.6 is 0 Å². The fourth-order valence-electron chi connectivity index (χ4n) is 3.10. The van der Waals surface area contributed by atoms with Crippen molar-refractivity contribution in [2.24, 2.45) is 5.92 Å². The number of nitrogens with zero attached hydrogens (tertiary/aromatic N) is 2. The molecule has 5 nitrogen and oxygen atoms in total. The first-order valence-electron chi connectivity index (χ1n) is 7.83. The monoisotopic (exact) mass is 297 g/mol. The van der Waals surface area contributed by atoms with E-state index in [-0.39, 0.29) is 0 Å². The number of hydrogen-bond acceptors (Lipinski definition) is 4. The van der Waals surface area contributed by atoms with Crippen molar-refractivity contribution in [1.29, 1.82) is 0 Å². The molecular weight excluding hydrogens is 278 g/mol. The van der Waals surface area contributed by atoms with Crippen LogP contribution in [0.2, 0.25) is 0 Å². The van der Waals surface area contributed by atoms with Gasteiger partial charge in [-0.2, -0.15) is 4.98 Å². The molecule has 2 aromatic heterocycles. The topological polar surface area (TPSA) is 63.9 Å². The Hall–Kier alpha value is -2.14. The minimum atomic E-state index is 0.424. The lowest BCUT2D eigenvalue weighted by atomic mass is 9.80. The van der Waals surface area contributed by atoms with E-state index < -0.39 is 0 Å². The molecule has 114 valence electrons. The summed E-state index contributed by atoms with van der Waals surface area (Å²) < 4.78 is 11.0. The summed E-state index contributed by atoms with van der Waals surface area (Å²) in [5.41, 5.74) is 2.06. The predicted molar refractivity (Wildman–Crippen MR) is 83.4 cm³/mol. The van der Waals surface area contributed by atoms with Gasteiger partial charge in [0.05, 0.1) is 6.10 Å². The molecule has 0 aliphatic heterocycles. The van der Waals surface area contributed by atoms with Gasteiger partial charge in [-0.3, -0.25) is 0 Å². The fourth-order valence-corrected chi connectivity index (χ4v) is 3.10. The number of fused-ring (bicyclic) bond motifs is 1. The van der Waals surface area contributed by atoms with Crippen LogP contribution in [-0.2, 0) is 11.2 Å². The van der Waals surface area contributed by atoms with Crippen LogP contribution in [0.4, 0.5) is 0 Å². The van der Waals surface area contributed by atoms with Gasteiger partial charge in [-0.1, -0.05) is 17.3 Å². The standard InChI is InChI=1S/C17H19N3O2/c1-2-21-14-7-11(8-14)9-16-19-17(20-22-16)13-4-3-12-5-6-18-15(12)10-13/h3-6,10-11,14,18H,2,7-9H2,1H3. The first kappa shape index (κ1) is 13.5. The summed E-state index contributed by atoms with van der Waals surface area (Å²) in [6.45, 7) is 2.84. The average molecular weight is 297 g/mol. The molecule has 0 radical (unpaired) electrons. The molecule has 4 rings (SSSR count).